The van der Waals surface area contributed by atoms with Crippen LogP contribution in [0.25, 0.3) is 0 Å². The molecule has 0 aromatic carbocycles. The van der Waals surface area contributed by atoms with Crippen molar-refractivity contribution in [1.82, 2.24) is 4.90 Å². The minimum absolute atomic E-state index is 0.0414. The number of aliphatic hydroxyl groups is 1. The predicted octanol–water partition coefficient (Wildman–Crippen LogP) is 6.24. The van der Waals surface area contributed by atoms with Crippen molar-refractivity contribution in [3.05, 3.63) is 36.0 Å². The number of amides is 1. The quantitative estimate of drug-likeness (QED) is 0.167. The van der Waals surface area contributed by atoms with Crippen molar-refractivity contribution in [2.45, 2.75) is 167 Å². The van der Waals surface area contributed by atoms with Crippen molar-refractivity contribution in [2.24, 2.45) is 29.6 Å². The Morgan fingerprint density at radius 3 is 2.25 bits per heavy atom. The van der Waals surface area contributed by atoms with Gasteiger partial charge in [0.1, 0.15) is 30.1 Å². The SMILES string of the molecule is C=CCC1/C=C(\C)CC(C)CC(OC)C2OC(O)(C(=O)C(=O)N3CCCCC3C(=O)OC(/C(C)=C/C3CCC(OC(C)=O)C(OC)C3)C(C)CCC1=O)C(C)CC2OC. The highest BCUT2D eigenvalue weighted by molar-refractivity contribution is 6.39. The summed E-state index contributed by atoms with van der Waals surface area (Å²) in [7, 11) is 4.68. The fourth-order valence-electron chi connectivity index (χ4n) is 9.76. The van der Waals surface area contributed by atoms with E-state index in [0.29, 0.717) is 51.4 Å². The lowest BCUT2D eigenvalue weighted by atomic mass is 9.82. The number of Topliss-reactive ketones (excluding diaryl/α,β-unsaturated/α-hetero) is 2. The van der Waals surface area contributed by atoms with Crippen LogP contribution < -0.4 is 0 Å². The van der Waals surface area contributed by atoms with Gasteiger partial charge in [0.05, 0.1) is 18.3 Å². The monoisotopic (exact) mass is 829 g/mol. The molecule has 3 aliphatic heterocycles. The molecule has 0 aromatic heterocycles. The number of fused-ring (bicyclic) bond motifs is 3. The molecule has 0 aromatic rings. The van der Waals surface area contributed by atoms with Crippen molar-refractivity contribution in [3.63, 3.8) is 0 Å². The summed E-state index contributed by atoms with van der Waals surface area (Å²) in [5, 5.41) is 12.1. The number of rotatable bonds is 8. The van der Waals surface area contributed by atoms with E-state index >= 15 is 0 Å². The normalized spacial score (nSPS) is 38.6. The van der Waals surface area contributed by atoms with Gasteiger partial charge in [-0.3, -0.25) is 19.2 Å². The topological polar surface area (TPSA) is 164 Å². The summed E-state index contributed by atoms with van der Waals surface area (Å²) >= 11 is 0. The molecule has 332 valence electrons. The molecule has 1 N–H and O–H groups in total. The molecule has 59 heavy (non-hydrogen) atoms. The molecule has 0 radical (unpaired) electrons. The highest BCUT2D eigenvalue weighted by Crippen LogP contribution is 2.39. The lowest BCUT2D eigenvalue weighted by molar-refractivity contribution is -0.302. The van der Waals surface area contributed by atoms with E-state index in [2.05, 4.69) is 19.6 Å². The number of carbonyl (C=O) groups excluding carboxylic acids is 5. The van der Waals surface area contributed by atoms with Gasteiger partial charge in [0, 0.05) is 53.1 Å². The molecule has 2 saturated heterocycles. The Morgan fingerprint density at radius 1 is 0.932 bits per heavy atom. The van der Waals surface area contributed by atoms with Gasteiger partial charge in [-0.1, -0.05) is 44.6 Å². The highest BCUT2D eigenvalue weighted by atomic mass is 16.7. The van der Waals surface area contributed by atoms with E-state index in [0.717, 1.165) is 17.6 Å². The van der Waals surface area contributed by atoms with E-state index in [1.807, 2.05) is 26.8 Å². The first-order chi connectivity index (χ1) is 28.0. The minimum atomic E-state index is -2.49. The van der Waals surface area contributed by atoms with Crippen LogP contribution in [0, 0.1) is 29.6 Å². The van der Waals surface area contributed by atoms with Crippen molar-refractivity contribution in [3.8, 4) is 0 Å². The van der Waals surface area contributed by atoms with Crippen LogP contribution in [0.4, 0.5) is 0 Å². The summed E-state index contributed by atoms with van der Waals surface area (Å²) < 4.78 is 35.7. The number of esters is 2. The highest BCUT2D eigenvalue weighted by Gasteiger charge is 2.56. The van der Waals surface area contributed by atoms with Gasteiger partial charge < -0.3 is 38.4 Å². The fraction of sp³-hybridized carbons (Fsp3) is 0.761. The Labute approximate surface area is 351 Å². The Hall–Kier alpha value is -3.23. The molecule has 13 nitrogen and oxygen atoms in total. The van der Waals surface area contributed by atoms with Crippen molar-refractivity contribution >= 4 is 29.4 Å². The second-order valence-corrected chi connectivity index (χ2v) is 17.7. The average Bonchev–Trinajstić information content (AvgIpc) is 3.20. The summed E-state index contributed by atoms with van der Waals surface area (Å²) in [6.45, 7) is 15.0. The first kappa shape index (κ1) is 48.4. The van der Waals surface area contributed by atoms with Gasteiger partial charge >= 0.3 is 11.9 Å². The van der Waals surface area contributed by atoms with Crippen molar-refractivity contribution in [2.75, 3.05) is 27.9 Å². The molecule has 1 amide bonds. The van der Waals surface area contributed by atoms with E-state index in [1.165, 1.54) is 11.8 Å². The third-order valence-corrected chi connectivity index (χ3v) is 13.0. The van der Waals surface area contributed by atoms with Crippen LogP contribution in [0.3, 0.4) is 0 Å². The van der Waals surface area contributed by atoms with E-state index in [4.69, 9.17) is 28.4 Å². The zero-order valence-corrected chi connectivity index (χ0v) is 36.9. The number of hydrogen-bond donors (Lipinski definition) is 1. The Kier molecular flexibility index (Phi) is 18.1. The minimum Gasteiger partial charge on any atom is -0.460 e. The summed E-state index contributed by atoms with van der Waals surface area (Å²) in [4.78, 5) is 69.8. The number of piperidine rings is 1. The number of hydrogen-bond acceptors (Lipinski definition) is 12. The van der Waals surface area contributed by atoms with Gasteiger partial charge in [0.25, 0.3) is 11.7 Å². The van der Waals surface area contributed by atoms with Gasteiger partial charge in [-0.15, -0.1) is 6.58 Å². The number of allylic oxidation sites excluding steroid dienone is 4. The molecule has 4 aliphatic rings. The Bertz CT molecular complexity index is 1560. The van der Waals surface area contributed by atoms with Gasteiger partial charge in [0.15, 0.2) is 0 Å². The average molecular weight is 830 g/mol. The molecule has 13 unspecified atom stereocenters. The predicted molar refractivity (Wildman–Crippen MR) is 221 cm³/mol. The Balaban J connectivity index is 1.74. The van der Waals surface area contributed by atoms with Crippen LogP contribution in [0.15, 0.2) is 36.0 Å². The second kappa shape index (κ2) is 22.0. The maximum atomic E-state index is 14.4. The molecule has 13 atom stereocenters. The van der Waals surface area contributed by atoms with Crippen LogP contribution in [0.1, 0.15) is 119 Å². The second-order valence-electron chi connectivity index (χ2n) is 17.7. The summed E-state index contributed by atoms with van der Waals surface area (Å²) in [5.41, 5.74) is 1.83. The van der Waals surface area contributed by atoms with Gasteiger partial charge in [-0.2, -0.15) is 0 Å². The molecular formula is C46H71NO12. The maximum Gasteiger partial charge on any atom is 0.329 e. The maximum absolute atomic E-state index is 14.4. The molecule has 0 spiro atoms. The molecule has 1 saturated carbocycles. The first-order valence-corrected chi connectivity index (χ1v) is 21.7. The van der Waals surface area contributed by atoms with Crippen LogP contribution in [0.2, 0.25) is 0 Å². The third kappa shape index (κ3) is 12.2. The lowest BCUT2D eigenvalue weighted by Gasteiger charge is -2.47. The number of nitrogens with zero attached hydrogens (tertiary/aromatic N) is 1. The van der Waals surface area contributed by atoms with Gasteiger partial charge in [-0.05, 0) is 108 Å². The Morgan fingerprint density at radius 2 is 1.61 bits per heavy atom. The molecule has 3 fully saturated rings. The van der Waals surface area contributed by atoms with Crippen LogP contribution in [-0.4, -0.2) is 116 Å². The largest absolute Gasteiger partial charge is 0.460 e. The zero-order chi connectivity index (χ0) is 43.6. The number of ketones is 2. The van der Waals surface area contributed by atoms with Crippen LogP contribution in [0.5, 0.6) is 0 Å². The lowest BCUT2D eigenvalue weighted by Crippen LogP contribution is -2.64. The molecule has 13 heteroatoms. The van der Waals surface area contributed by atoms with E-state index in [9.17, 15) is 29.1 Å². The van der Waals surface area contributed by atoms with E-state index < -0.39 is 59.8 Å². The summed E-state index contributed by atoms with van der Waals surface area (Å²) in [6, 6.07) is -1.07. The van der Waals surface area contributed by atoms with Crippen LogP contribution in [-0.2, 0) is 52.4 Å². The summed E-state index contributed by atoms with van der Waals surface area (Å²) in [6.07, 6.45) is 8.40. The zero-order valence-electron chi connectivity index (χ0n) is 36.9. The van der Waals surface area contributed by atoms with Crippen molar-refractivity contribution < 1.29 is 57.5 Å². The molecular weight excluding hydrogens is 759 g/mol. The van der Waals surface area contributed by atoms with Gasteiger partial charge in [0.2, 0.25) is 5.79 Å². The number of ether oxygens (including phenoxy) is 6. The number of carbonyl (C=O) groups is 5. The summed E-state index contributed by atoms with van der Waals surface area (Å²) in [5.74, 6) is -6.95. The van der Waals surface area contributed by atoms with Gasteiger partial charge in [-0.25, -0.2) is 4.79 Å². The van der Waals surface area contributed by atoms with E-state index in [-0.39, 0.29) is 73.4 Å². The van der Waals surface area contributed by atoms with Crippen molar-refractivity contribution in [1.29, 1.82) is 0 Å². The first-order valence-electron chi connectivity index (χ1n) is 21.7. The van der Waals surface area contributed by atoms with E-state index in [1.54, 1.807) is 34.3 Å². The molecule has 1 aliphatic carbocycles. The molecule has 4 rings (SSSR count). The molecule has 3 heterocycles. The smallest absolute Gasteiger partial charge is 0.329 e. The third-order valence-electron chi connectivity index (χ3n) is 13.0. The fourth-order valence-corrected chi connectivity index (χ4v) is 9.76. The van der Waals surface area contributed by atoms with Crippen LogP contribution >= 0.6 is 0 Å². The molecule has 2 bridgehead atoms. The number of cyclic esters (lactones) is 1. The standard InChI is InChI=1S/C46H71NO12/c1-11-14-34-22-27(2)21-28(3)23-39(55-9)42-40(56-10)25-31(6)46(53,59-42)43(50)44(51)47-20-13-12-15-35(47)45(52)58-41(29(4)16-18-36(34)49)30(5)24-33-17-19-37(57-32(7)48)38(26-33)54-8/h11,22,24,28-29,31,33-35,37-42,53H,1,12-21,23,25-26H2,2-10H3/b27-22+,30-24+. The number of methoxy groups -OCH3 is 3.